The van der Waals surface area contributed by atoms with Crippen molar-refractivity contribution in [2.24, 2.45) is 11.7 Å². The number of likely N-dealkylation sites (tertiary alicyclic amines) is 1. The van der Waals surface area contributed by atoms with E-state index in [4.69, 9.17) is 11.1 Å². The maximum absolute atomic E-state index is 7.42. The molecular weight excluding hydrogens is 224 g/mol. The smallest absolute Gasteiger partial charge is 0.141 e. The first-order chi connectivity index (χ1) is 8.58. The van der Waals surface area contributed by atoms with Crippen molar-refractivity contribution in [3.63, 3.8) is 0 Å². The first-order valence-corrected chi connectivity index (χ1v) is 6.61. The molecule has 1 aliphatic heterocycles. The second kappa shape index (κ2) is 5.48. The Hall–Kier alpha value is -1.42. The van der Waals surface area contributed by atoms with Gasteiger partial charge in [-0.2, -0.15) is 0 Å². The average Bonchev–Trinajstić information content (AvgIpc) is 2.35. The molecule has 2 heterocycles. The average molecular weight is 246 g/mol. The van der Waals surface area contributed by atoms with Crippen molar-refractivity contribution in [1.29, 1.82) is 5.41 Å². The van der Waals surface area contributed by atoms with Crippen molar-refractivity contribution in [3.05, 3.63) is 29.6 Å². The van der Waals surface area contributed by atoms with Gasteiger partial charge in [-0.15, -0.1) is 0 Å². The molecule has 4 nitrogen and oxygen atoms in total. The van der Waals surface area contributed by atoms with Gasteiger partial charge in [-0.3, -0.25) is 15.3 Å². The Morgan fingerprint density at radius 2 is 2.33 bits per heavy atom. The fraction of sp³-hybridized carbons (Fsp3) is 0.571. The predicted octanol–water partition coefficient (Wildman–Crippen LogP) is 1.99. The van der Waals surface area contributed by atoms with Gasteiger partial charge in [0.25, 0.3) is 0 Å². The van der Waals surface area contributed by atoms with Crippen molar-refractivity contribution in [1.82, 2.24) is 9.88 Å². The van der Waals surface area contributed by atoms with Crippen LogP contribution >= 0.6 is 0 Å². The van der Waals surface area contributed by atoms with Crippen LogP contribution < -0.4 is 5.73 Å². The Kier molecular flexibility index (Phi) is 3.97. The Morgan fingerprint density at radius 3 is 3.06 bits per heavy atom. The molecule has 0 radical (unpaired) electrons. The topological polar surface area (TPSA) is 66.0 Å². The summed E-state index contributed by atoms with van der Waals surface area (Å²) in [7, 11) is 0. The van der Waals surface area contributed by atoms with E-state index in [2.05, 4.69) is 23.7 Å². The number of aromatic nitrogens is 1. The summed E-state index contributed by atoms with van der Waals surface area (Å²) in [6, 6.07) is 4.56. The monoisotopic (exact) mass is 246 g/mol. The minimum Gasteiger partial charge on any atom is -0.382 e. The predicted molar refractivity (Wildman–Crippen MR) is 73.5 cm³/mol. The molecule has 0 aromatic carbocycles. The van der Waals surface area contributed by atoms with Gasteiger partial charge in [0.05, 0.1) is 0 Å². The number of nitrogens with zero attached hydrogens (tertiary/aromatic N) is 2. The van der Waals surface area contributed by atoms with Gasteiger partial charge in [0.15, 0.2) is 0 Å². The molecule has 2 unspecified atom stereocenters. The van der Waals surface area contributed by atoms with Crippen molar-refractivity contribution < 1.29 is 0 Å². The van der Waals surface area contributed by atoms with E-state index in [1.54, 1.807) is 6.20 Å². The third-order valence-corrected chi connectivity index (χ3v) is 3.99. The molecule has 3 N–H and O–H groups in total. The molecule has 0 saturated carbocycles. The molecule has 2 rings (SSSR count). The molecule has 1 fully saturated rings. The van der Waals surface area contributed by atoms with Crippen LogP contribution in [0.25, 0.3) is 0 Å². The molecule has 1 aliphatic rings. The Balaban J connectivity index is 2.08. The molecule has 4 heteroatoms. The van der Waals surface area contributed by atoms with E-state index in [-0.39, 0.29) is 5.84 Å². The van der Waals surface area contributed by atoms with Crippen LogP contribution in [0, 0.1) is 11.3 Å². The summed E-state index contributed by atoms with van der Waals surface area (Å²) in [5.74, 6) is 0.796. The van der Waals surface area contributed by atoms with Gasteiger partial charge in [-0.05, 0) is 49.9 Å². The van der Waals surface area contributed by atoms with Gasteiger partial charge in [-0.25, -0.2) is 0 Å². The lowest BCUT2D eigenvalue weighted by Gasteiger charge is -2.38. The van der Waals surface area contributed by atoms with Crippen LogP contribution in [0.1, 0.15) is 37.9 Å². The molecule has 1 aromatic heterocycles. The van der Waals surface area contributed by atoms with Crippen molar-refractivity contribution in [2.45, 2.75) is 39.3 Å². The second-order valence-electron chi connectivity index (χ2n) is 5.29. The molecule has 0 bridgehead atoms. The summed E-state index contributed by atoms with van der Waals surface area (Å²) < 4.78 is 0. The van der Waals surface area contributed by atoms with Crippen LogP contribution in [-0.4, -0.2) is 28.3 Å². The van der Waals surface area contributed by atoms with Crippen LogP contribution in [0.2, 0.25) is 0 Å². The van der Waals surface area contributed by atoms with Crippen LogP contribution in [0.3, 0.4) is 0 Å². The molecule has 0 aliphatic carbocycles. The highest BCUT2D eigenvalue weighted by Crippen LogP contribution is 2.24. The van der Waals surface area contributed by atoms with Crippen LogP contribution in [-0.2, 0) is 6.54 Å². The Bertz CT molecular complexity index is 430. The summed E-state index contributed by atoms with van der Waals surface area (Å²) in [6.45, 7) is 6.71. The number of pyridine rings is 1. The van der Waals surface area contributed by atoms with Crippen molar-refractivity contribution in [2.75, 3.05) is 6.54 Å². The summed E-state index contributed by atoms with van der Waals surface area (Å²) in [5, 5.41) is 7.42. The van der Waals surface area contributed by atoms with Crippen LogP contribution in [0.4, 0.5) is 0 Å². The number of nitrogen functional groups attached to an aromatic ring is 1. The van der Waals surface area contributed by atoms with E-state index in [1.807, 2.05) is 12.1 Å². The van der Waals surface area contributed by atoms with E-state index in [1.165, 1.54) is 18.4 Å². The lowest BCUT2D eigenvalue weighted by molar-refractivity contribution is 0.106. The summed E-state index contributed by atoms with van der Waals surface area (Å²) in [5.41, 5.74) is 7.24. The second-order valence-corrected chi connectivity index (χ2v) is 5.29. The first-order valence-electron chi connectivity index (χ1n) is 6.61. The molecular formula is C14H22N4. The number of nitrogens with two attached hydrogens (primary N) is 1. The highest BCUT2D eigenvalue weighted by atomic mass is 15.2. The van der Waals surface area contributed by atoms with Gasteiger partial charge >= 0.3 is 0 Å². The zero-order valence-electron chi connectivity index (χ0n) is 11.2. The maximum Gasteiger partial charge on any atom is 0.141 e. The molecule has 98 valence electrons. The standard InChI is InChI=1S/C14H22N4/c1-10-4-3-7-18(11(10)2)9-12-5-6-17-13(8-12)14(15)16/h5-6,8,10-11H,3-4,7,9H2,1-2H3,(H3,15,16). The third kappa shape index (κ3) is 2.88. The molecule has 0 amide bonds. The lowest BCUT2D eigenvalue weighted by Crippen LogP contribution is -2.41. The van der Waals surface area contributed by atoms with Crippen molar-refractivity contribution in [3.8, 4) is 0 Å². The van der Waals surface area contributed by atoms with Gasteiger partial charge in [-0.1, -0.05) is 6.92 Å². The highest BCUT2D eigenvalue weighted by Gasteiger charge is 2.24. The van der Waals surface area contributed by atoms with Gasteiger partial charge < -0.3 is 5.73 Å². The SMILES string of the molecule is CC1CCCN(Cc2ccnc(C(=N)N)c2)C1C. The molecule has 1 aromatic rings. The lowest BCUT2D eigenvalue weighted by atomic mass is 9.92. The third-order valence-electron chi connectivity index (χ3n) is 3.99. The molecule has 1 saturated heterocycles. The number of amidine groups is 1. The quantitative estimate of drug-likeness (QED) is 0.633. The fourth-order valence-corrected chi connectivity index (χ4v) is 2.60. The van der Waals surface area contributed by atoms with E-state index >= 15 is 0 Å². The van der Waals surface area contributed by atoms with Crippen molar-refractivity contribution >= 4 is 5.84 Å². The molecule has 0 spiro atoms. The highest BCUT2D eigenvalue weighted by molar-refractivity contribution is 5.93. The summed E-state index contributed by atoms with van der Waals surface area (Å²) in [4.78, 5) is 6.61. The number of rotatable bonds is 3. The minimum atomic E-state index is 0.0388. The molecule has 18 heavy (non-hydrogen) atoms. The Labute approximate surface area is 109 Å². The van der Waals surface area contributed by atoms with E-state index in [0.29, 0.717) is 11.7 Å². The van der Waals surface area contributed by atoms with Crippen LogP contribution in [0.15, 0.2) is 18.3 Å². The Morgan fingerprint density at radius 1 is 1.56 bits per heavy atom. The fourth-order valence-electron chi connectivity index (χ4n) is 2.60. The van der Waals surface area contributed by atoms with E-state index in [0.717, 1.165) is 19.0 Å². The molecule has 2 atom stereocenters. The number of hydrogen-bond acceptors (Lipinski definition) is 3. The van der Waals surface area contributed by atoms with E-state index in [9.17, 15) is 0 Å². The summed E-state index contributed by atoms with van der Waals surface area (Å²) >= 11 is 0. The maximum atomic E-state index is 7.42. The number of nitrogens with one attached hydrogen (secondary N) is 1. The minimum absolute atomic E-state index is 0.0388. The van der Waals surface area contributed by atoms with Gasteiger partial charge in [0.2, 0.25) is 0 Å². The number of hydrogen-bond donors (Lipinski definition) is 2. The first kappa shape index (κ1) is 13.0. The van der Waals surface area contributed by atoms with Gasteiger partial charge in [0.1, 0.15) is 11.5 Å². The number of piperidine rings is 1. The van der Waals surface area contributed by atoms with Gasteiger partial charge in [0, 0.05) is 18.8 Å². The van der Waals surface area contributed by atoms with E-state index < -0.39 is 0 Å². The largest absolute Gasteiger partial charge is 0.382 e. The van der Waals surface area contributed by atoms with Crippen LogP contribution in [0.5, 0.6) is 0 Å². The zero-order valence-corrected chi connectivity index (χ0v) is 11.2. The normalized spacial score (nSPS) is 25.0. The summed E-state index contributed by atoms with van der Waals surface area (Å²) in [6.07, 6.45) is 4.34. The zero-order chi connectivity index (χ0) is 13.1.